The lowest BCUT2D eigenvalue weighted by Gasteiger charge is -2.26. The zero-order chi connectivity index (χ0) is 12.5. The molecule has 1 aromatic carbocycles. The SMILES string of the molecule is O=C(O)C1CCCN1c1ccc2c(c1)CNCC2. The Morgan fingerprint density at radius 2 is 2.28 bits per heavy atom. The zero-order valence-electron chi connectivity index (χ0n) is 10.4. The molecule has 3 rings (SSSR count). The molecule has 2 aliphatic heterocycles. The molecule has 1 saturated heterocycles. The van der Waals surface area contributed by atoms with Gasteiger partial charge in [-0.25, -0.2) is 4.79 Å². The molecule has 0 spiro atoms. The number of carboxylic acids is 1. The summed E-state index contributed by atoms with van der Waals surface area (Å²) in [4.78, 5) is 13.2. The van der Waals surface area contributed by atoms with Crippen molar-refractivity contribution in [3.63, 3.8) is 0 Å². The van der Waals surface area contributed by atoms with Crippen LogP contribution in [0.2, 0.25) is 0 Å². The summed E-state index contributed by atoms with van der Waals surface area (Å²) in [7, 11) is 0. The molecule has 0 aliphatic carbocycles. The van der Waals surface area contributed by atoms with Crippen molar-refractivity contribution < 1.29 is 9.90 Å². The van der Waals surface area contributed by atoms with Crippen molar-refractivity contribution in [1.82, 2.24) is 5.32 Å². The van der Waals surface area contributed by atoms with E-state index in [2.05, 4.69) is 23.5 Å². The number of rotatable bonds is 2. The van der Waals surface area contributed by atoms with Gasteiger partial charge in [0.1, 0.15) is 6.04 Å². The molecule has 96 valence electrons. The molecular formula is C14H18N2O2. The van der Waals surface area contributed by atoms with E-state index in [0.717, 1.165) is 44.6 Å². The fourth-order valence-electron chi connectivity index (χ4n) is 2.98. The fourth-order valence-corrected chi connectivity index (χ4v) is 2.98. The largest absolute Gasteiger partial charge is 0.480 e. The van der Waals surface area contributed by atoms with Crippen molar-refractivity contribution >= 4 is 11.7 Å². The molecule has 2 aliphatic rings. The van der Waals surface area contributed by atoms with Crippen LogP contribution in [0.25, 0.3) is 0 Å². The smallest absolute Gasteiger partial charge is 0.326 e. The lowest BCUT2D eigenvalue weighted by atomic mass is 10.00. The summed E-state index contributed by atoms with van der Waals surface area (Å²) < 4.78 is 0. The van der Waals surface area contributed by atoms with Crippen molar-refractivity contribution in [3.05, 3.63) is 29.3 Å². The Kier molecular flexibility index (Phi) is 2.96. The minimum absolute atomic E-state index is 0.348. The number of fused-ring (bicyclic) bond motifs is 1. The maximum atomic E-state index is 11.2. The summed E-state index contributed by atoms with van der Waals surface area (Å²) in [6, 6.07) is 6.04. The second-order valence-corrected chi connectivity index (χ2v) is 5.07. The molecule has 4 nitrogen and oxygen atoms in total. The standard InChI is InChI=1S/C14H18N2O2/c17-14(18)13-2-1-7-16(13)12-4-3-10-5-6-15-9-11(10)8-12/h3-4,8,13,15H,1-2,5-7,9H2,(H,17,18). The molecule has 2 N–H and O–H groups in total. The second-order valence-electron chi connectivity index (χ2n) is 5.07. The van der Waals surface area contributed by atoms with Crippen LogP contribution in [0.5, 0.6) is 0 Å². The van der Waals surface area contributed by atoms with Crippen LogP contribution < -0.4 is 10.2 Å². The van der Waals surface area contributed by atoms with Gasteiger partial charge in [0.05, 0.1) is 0 Å². The Labute approximate surface area is 107 Å². The molecule has 4 heteroatoms. The minimum Gasteiger partial charge on any atom is -0.480 e. The van der Waals surface area contributed by atoms with E-state index in [1.807, 2.05) is 4.90 Å². The Balaban J connectivity index is 1.90. The van der Waals surface area contributed by atoms with Gasteiger partial charge in [-0.1, -0.05) is 6.07 Å². The summed E-state index contributed by atoms with van der Waals surface area (Å²) in [5.41, 5.74) is 3.76. The van der Waals surface area contributed by atoms with Crippen LogP contribution in [0.3, 0.4) is 0 Å². The number of anilines is 1. The van der Waals surface area contributed by atoms with Crippen LogP contribution in [-0.4, -0.2) is 30.2 Å². The number of nitrogens with zero attached hydrogens (tertiary/aromatic N) is 1. The van der Waals surface area contributed by atoms with E-state index in [0.29, 0.717) is 0 Å². The van der Waals surface area contributed by atoms with E-state index < -0.39 is 5.97 Å². The van der Waals surface area contributed by atoms with Gasteiger partial charge in [-0.3, -0.25) is 0 Å². The third-order valence-corrected chi connectivity index (χ3v) is 3.95. The van der Waals surface area contributed by atoms with Gasteiger partial charge in [-0.15, -0.1) is 0 Å². The van der Waals surface area contributed by atoms with E-state index in [1.54, 1.807) is 0 Å². The average molecular weight is 246 g/mol. The third kappa shape index (κ3) is 1.97. The first-order chi connectivity index (χ1) is 8.75. The number of nitrogens with one attached hydrogen (secondary N) is 1. The number of carboxylic acid groups (broad SMARTS) is 1. The maximum absolute atomic E-state index is 11.2. The molecule has 0 saturated carbocycles. The van der Waals surface area contributed by atoms with Gasteiger partial charge in [0.15, 0.2) is 0 Å². The van der Waals surface area contributed by atoms with Gasteiger partial charge < -0.3 is 15.3 Å². The summed E-state index contributed by atoms with van der Waals surface area (Å²) in [6.07, 6.45) is 2.79. The number of hydrogen-bond acceptors (Lipinski definition) is 3. The van der Waals surface area contributed by atoms with Crippen LogP contribution >= 0.6 is 0 Å². The molecule has 1 fully saturated rings. The van der Waals surface area contributed by atoms with E-state index in [9.17, 15) is 9.90 Å². The normalized spacial score (nSPS) is 22.9. The van der Waals surface area contributed by atoms with Crippen molar-refractivity contribution in [2.75, 3.05) is 18.0 Å². The second kappa shape index (κ2) is 4.61. The third-order valence-electron chi connectivity index (χ3n) is 3.95. The zero-order valence-corrected chi connectivity index (χ0v) is 10.4. The van der Waals surface area contributed by atoms with E-state index in [1.165, 1.54) is 11.1 Å². The lowest BCUT2D eigenvalue weighted by molar-refractivity contribution is -0.138. The average Bonchev–Trinajstić information content (AvgIpc) is 2.87. The van der Waals surface area contributed by atoms with Crippen LogP contribution in [0.15, 0.2) is 18.2 Å². The molecule has 0 aromatic heterocycles. The summed E-state index contributed by atoms with van der Waals surface area (Å²) in [5.74, 6) is -0.705. The molecular weight excluding hydrogens is 228 g/mol. The van der Waals surface area contributed by atoms with E-state index in [-0.39, 0.29) is 6.04 Å². The topological polar surface area (TPSA) is 52.6 Å². The van der Waals surface area contributed by atoms with Gasteiger partial charge in [-0.2, -0.15) is 0 Å². The summed E-state index contributed by atoms with van der Waals surface area (Å²) in [6.45, 7) is 2.78. The van der Waals surface area contributed by atoms with Gasteiger partial charge >= 0.3 is 5.97 Å². The highest BCUT2D eigenvalue weighted by atomic mass is 16.4. The van der Waals surface area contributed by atoms with Gasteiger partial charge in [0, 0.05) is 18.8 Å². The highest BCUT2D eigenvalue weighted by molar-refractivity contribution is 5.79. The summed E-state index contributed by atoms with van der Waals surface area (Å²) in [5, 5.41) is 12.6. The quantitative estimate of drug-likeness (QED) is 0.828. The highest BCUT2D eigenvalue weighted by Gasteiger charge is 2.30. The monoisotopic (exact) mass is 246 g/mol. The number of hydrogen-bond donors (Lipinski definition) is 2. The lowest BCUT2D eigenvalue weighted by Crippen LogP contribution is -2.36. The van der Waals surface area contributed by atoms with Crippen LogP contribution in [0.1, 0.15) is 24.0 Å². The Morgan fingerprint density at radius 1 is 1.39 bits per heavy atom. The van der Waals surface area contributed by atoms with Crippen molar-refractivity contribution in [3.8, 4) is 0 Å². The van der Waals surface area contributed by atoms with Gasteiger partial charge in [0.25, 0.3) is 0 Å². The van der Waals surface area contributed by atoms with Crippen molar-refractivity contribution in [2.45, 2.75) is 31.8 Å². The minimum atomic E-state index is -0.705. The van der Waals surface area contributed by atoms with Gasteiger partial charge in [-0.05, 0) is 49.1 Å². The van der Waals surface area contributed by atoms with Crippen molar-refractivity contribution in [1.29, 1.82) is 0 Å². The molecule has 0 bridgehead atoms. The molecule has 18 heavy (non-hydrogen) atoms. The van der Waals surface area contributed by atoms with Crippen LogP contribution in [-0.2, 0) is 17.8 Å². The summed E-state index contributed by atoms with van der Waals surface area (Å²) >= 11 is 0. The van der Waals surface area contributed by atoms with Gasteiger partial charge in [0.2, 0.25) is 0 Å². The van der Waals surface area contributed by atoms with Crippen molar-refractivity contribution in [2.24, 2.45) is 0 Å². The maximum Gasteiger partial charge on any atom is 0.326 e. The first-order valence-corrected chi connectivity index (χ1v) is 6.57. The van der Waals surface area contributed by atoms with E-state index in [4.69, 9.17) is 0 Å². The highest BCUT2D eigenvalue weighted by Crippen LogP contribution is 2.28. The fraction of sp³-hybridized carbons (Fsp3) is 0.500. The molecule has 1 unspecified atom stereocenters. The number of benzene rings is 1. The van der Waals surface area contributed by atoms with Crippen LogP contribution in [0, 0.1) is 0 Å². The number of carbonyl (C=O) groups is 1. The molecule has 0 amide bonds. The first kappa shape index (κ1) is 11.5. The Hall–Kier alpha value is -1.55. The Morgan fingerprint density at radius 3 is 3.11 bits per heavy atom. The molecule has 1 atom stereocenters. The van der Waals surface area contributed by atoms with Crippen LogP contribution in [0.4, 0.5) is 5.69 Å². The van der Waals surface area contributed by atoms with E-state index >= 15 is 0 Å². The molecule has 2 heterocycles. The Bertz CT molecular complexity index is 473. The first-order valence-electron chi connectivity index (χ1n) is 6.57. The molecule has 1 aromatic rings. The predicted octanol–water partition coefficient (Wildman–Crippen LogP) is 1.39. The predicted molar refractivity (Wildman–Crippen MR) is 69.9 cm³/mol. The number of aliphatic carboxylic acids is 1. The molecule has 0 radical (unpaired) electrons.